The Balaban J connectivity index is 0.00000150. The molecule has 160 valence electrons. The monoisotopic (exact) mass is 436 g/mol. The summed E-state index contributed by atoms with van der Waals surface area (Å²) in [6.45, 7) is 6.72. The van der Waals surface area contributed by atoms with Crippen molar-refractivity contribution in [3.05, 3.63) is 59.7 Å². The molecule has 1 heterocycles. The summed E-state index contributed by atoms with van der Waals surface area (Å²) in [5.41, 5.74) is 4.39. The van der Waals surface area contributed by atoms with Crippen molar-refractivity contribution in [1.29, 1.82) is 0 Å². The zero-order valence-corrected chi connectivity index (χ0v) is 18.9. The molecule has 0 amide bonds. The average Bonchev–Trinajstić information content (AvgIpc) is 3.19. The summed E-state index contributed by atoms with van der Waals surface area (Å²) in [5, 5.41) is 0. The molecule has 0 N–H and O–H groups in total. The highest BCUT2D eigenvalue weighted by molar-refractivity contribution is 5.85. The summed E-state index contributed by atoms with van der Waals surface area (Å²) in [4.78, 5) is 5.11. The highest BCUT2D eigenvalue weighted by Crippen LogP contribution is 2.26. The van der Waals surface area contributed by atoms with Crippen molar-refractivity contribution >= 4 is 30.5 Å². The lowest BCUT2D eigenvalue weighted by Gasteiger charge is -2.36. The van der Waals surface area contributed by atoms with Crippen LogP contribution in [-0.2, 0) is 12.8 Å². The van der Waals surface area contributed by atoms with Crippen molar-refractivity contribution in [3.63, 3.8) is 0 Å². The molecule has 1 fully saturated rings. The number of fused-ring (bicyclic) bond motifs is 1. The Labute approximate surface area is 188 Å². The summed E-state index contributed by atoms with van der Waals surface area (Å²) >= 11 is 0. The van der Waals surface area contributed by atoms with E-state index in [1.54, 1.807) is 0 Å². The minimum Gasteiger partial charge on any atom is -0.494 e. The molecule has 29 heavy (non-hydrogen) atoms. The maximum Gasteiger partial charge on any atom is 0.119 e. The van der Waals surface area contributed by atoms with Crippen LogP contribution in [0.15, 0.2) is 48.5 Å². The highest BCUT2D eigenvalue weighted by Gasteiger charge is 2.16. The van der Waals surface area contributed by atoms with Crippen LogP contribution in [0.25, 0.3) is 0 Å². The fourth-order valence-electron chi connectivity index (χ4n) is 4.31. The topological polar surface area (TPSA) is 15.7 Å². The molecule has 3 nitrogen and oxygen atoms in total. The third-order valence-corrected chi connectivity index (χ3v) is 5.95. The van der Waals surface area contributed by atoms with Gasteiger partial charge in [-0.25, -0.2) is 0 Å². The van der Waals surface area contributed by atoms with Crippen molar-refractivity contribution in [2.24, 2.45) is 0 Å². The number of piperazine rings is 1. The second kappa shape index (κ2) is 12.3. The number of ether oxygens (including phenoxy) is 1. The van der Waals surface area contributed by atoms with Gasteiger partial charge in [0.1, 0.15) is 5.75 Å². The van der Waals surface area contributed by atoms with E-state index in [0.29, 0.717) is 0 Å². The smallest absolute Gasteiger partial charge is 0.119 e. The number of anilines is 1. The molecular formula is C24H34Cl2N2O. The summed E-state index contributed by atoms with van der Waals surface area (Å²) < 4.78 is 5.97. The largest absolute Gasteiger partial charge is 0.494 e. The van der Waals surface area contributed by atoms with E-state index in [4.69, 9.17) is 4.74 Å². The summed E-state index contributed by atoms with van der Waals surface area (Å²) in [5.74, 6) is 1.06. The molecule has 1 saturated heterocycles. The normalized spacial score (nSPS) is 15.9. The molecule has 4 rings (SSSR count). The molecule has 0 spiro atoms. The quantitative estimate of drug-likeness (QED) is 0.515. The molecule has 0 radical (unpaired) electrons. The molecule has 5 heteroatoms. The predicted octanol–water partition coefficient (Wildman–Crippen LogP) is 5.39. The Bertz CT molecular complexity index is 718. The highest BCUT2D eigenvalue weighted by atomic mass is 35.5. The molecule has 2 aromatic carbocycles. The van der Waals surface area contributed by atoms with Crippen LogP contribution >= 0.6 is 24.8 Å². The standard InChI is InChI=1S/C24H32N2O.2ClH/c1-3-10-23(11-4-1)26-17-15-25(16-18-26)14-5-2-6-19-27-24-13-12-21-8-7-9-22(21)20-24;;/h1,3-4,10-13,20H,2,5-9,14-19H2;2*1H. The molecule has 2 aromatic rings. The Morgan fingerprint density at radius 1 is 0.759 bits per heavy atom. The summed E-state index contributed by atoms with van der Waals surface area (Å²) in [7, 11) is 0. The van der Waals surface area contributed by atoms with E-state index in [2.05, 4.69) is 58.3 Å². The van der Waals surface area contributed by atoms with Gasteiger partial charge in [0, 0.05) is 31.9 Å². The van der Waals surface area contributed by atoms with E-state index in [1.807, 2.05) is 0 Å². The zero-order valence-electron chi connectivity index (χ0n) is 17.2. The van der Waals surface area contributed by atoms with Crippen molar-refractivity contribution in [2.75, 3.05) is 44.2 Å². The van der Waals surface area contributed by atoms with Crippen LogP contribution in [0.2, 0.25) is 0 Å². The zero-order chi connectivity index (χ0) is 18.3. The third kappa shape index (κ3) is 6.80. The number of aryl methyl sites for hydroxylation is 2. The van der Waals surface area contributed by atoms with Gasteiger partial charge in [-0.1, -0.05) is 24.3 Å². The molecule has 2 aliphatic rings. The van der Waals surface area contributed by atoms with Gasteiger partial charge in [-0.3, -0.25) is 4.90 Å². The van der Waals surface area contributed by atoms with Crippen LogP contribution in [0, 0.1) is 0 Å². The van der Waals surface area contributed by atoms with Gasteiger partial charge in [-0.2, -0.15) is 0 Å². The Hall–Kier alpha value is -1.42. The summed E-state index contributed by atoms with van der Waals surface area (Å²) in [6.07, 6.45) is 7.46. The van der Waals surface area contributed by atoms with Gasteiger partial charge in [-0.05, 0) is 80.5 Å². The van der Waals surface area contributed by atoms with Crippen LogP contribution in [0.4, 0.5) is 5.69 Å². The Kier molecular flexibility index (Phi) is 10.1. The predicted molar refractivity (Wildman–Crippen MR) is 127 cm³/mol. The van der Waals surface area contributed by atoms with E-state index >= 15 is 0 Å². The van der Waals surface area contributed by atoms with Crippen LogP contribution in [0.1, 0.15) is 36.8 Å². The van der Waals surface area contributed by atoms with Crippen molar-refractivity contribution in [3.8, 4) is 5.75 Å². The van der Waals surface area contributed by atoms with Crippen LogP contribution < -0.4 is 9.64 Å². The van der Waals surface area contributed by atoms with Gasteiger partial charge in [0.15, 0.2) is 0 Å². The first kappa shape index (κ1) is 23.9. The molecular weight excluding hydrogens is 403 g/mol. The van der Waals surface area contributed by atoms with Crippen LogP contribution in [0.3, 0.4) is 0 Å². The number of halogens is 2. The number of hydrogen-bond donors (Lipinski definition) is 0. The van der Waals surface area contributed by atoms with Gasteiger partial charge in [0.05, 0.1) is 6.61 Å². The van der Waals surface area contributed by atoms with Crippen molar-refractivity contribution in [1.82, 2.24) is 4.90 Å². The third-order valence-electron chi connectivity index (χ3n) is 5.95. The lowest BCUT2D eigenvalue weighted by molar-refractivity contribution is 0.246. The first-order valence-corrected chi connectivity index (χ1v) is 10.7. The van der Waals surface area contributed by atoms with E-state index in [9.17, 15) is 0 Å². The van der Waals surface area contributed by atoms with Gasteiger partial charge in [0.25, 0.3) is 0 Å². The molecule has 0 bridgehead atoms. The van der Waals surface area contributed by atoms with Gasteiger partial charge in [-0.15, -0.1) is 24.8 Å². The number of hydrogen-bond acceptors (Lipinski definition) is 3. The number of unbranched alkanes of at least 4 members (excludes halogenated alkanes) is 2. The minimum absolute atomic E-state index is 0. The van der Waals surface area contributed by atoms with Crippen LogP contribution in [-0.4, -0.2) is 44.2 Å². The number of para-hydroxylation sites is 1. The first-order chi connectivity index (χ1) is 13.4. The maximum atomic E-state index is 5.97. The Morgan fingerprint density at radius 2 is 1.52 bits per heavy atom. The molecule has 0 atom stereocenters. The fourth-order valence-corrected chi connectivity index (χ4v) is 4.31. The molecule has 0 saturated carbocycles. The Morgan fingerprint density at radius 3 is 2.31 bits per heavy atom. The SMILES string of the molecule is Cl.Cl.c1ccc(N2CCN(CCCCCOc3ccc4c(c3)CCC4)CC2)cc1. The molecule has 1 aliphatic carbocycles. The number of nitrogens with zero attached hydrogens (tertiary/aromatic N) is 2. The van der Waals surface area contributed by atoms with Crippen molar-refractivity contribution < 1.29 is 4.74 Å². The second-order valence-corrected chi connectivity index (χ2v) is 7.86. The fraction of sp³-hybridized carbons (Fsp3) is 0.500. The maximum absolute atomic E-state index is 5.97. The van der Waals surface area contributed by atoms with Crippen LogP contribution in [0.5, 0.6) is 5.75 Å². The van der Waals surface area contributed by atoms with Gasteiger partial charge >= 0.3 is 0 Å². The minimum atomic E-state index is 0. The van der Waals surface area contributed by atoms with Gasteiger partial charge < -0.3 is 9.64 Å². The first-order valence-electron chi connectivity index (χ1n) is 10.7. The average molecular weight is 437 g/mol. The van der Waals surface area contributed by atoms with Crippen molar-refractivity contribution in [2.45, 2.75) is 38.5 Å². The summed E-state index contributed by atoms with van der Waals surface area (Å²) in [6, 6.07) is 17.5. The molecule has 1 aliphatic heterocycles. The second-order valence-electron chi connectivity index (χ2n) is 7.86. The number of rotatable bonds is 8. The lowest BCUT2D eigenvalue weighted by atomic mass is 10.1. The van der Waals surface area contributed by atoms with E-state index in [1.165, 1.54) is 68.6 Å². The molecule has 0 aromatic heterocycles. The van der Waals surface area contributed by atoms with Gasteiger partial charge in [0.2, 0.25) is 0 Å². The number of benzene rings is 2. The molecule has 0 unspecified atom stereocenters. The lowest BCUT2D eigenvalue weighted by Crippen LogP contribution is -2.46. The van der Waals surface area contributed by atoms with E-state index in [0.717, 1.165) is 31.9 Å². The van der Waals surface area contributed by atoms with E-state index in [-0.39, 0.29) is 24.8 Å². The van der Waals surface area contributed by atoms with E-state index < -0.39 is 0 Å².